The number of pyridine rings is 1. The highest BCUT2D eigenvalue weighted by molar-refractivity contribution is 9.10. The number of hydrogen-bond donors (Lipinski definition) is 1. The lowest BCUT2D eigenvalue weighted by Gasteiger charge is -2.11. The second kappa shape index (κ2) is 6.86. The second-order valence-electron chi connectivity index (χ2n) is 5.06. The van der Waals surface area contributed by atoms with E-state index in [0.717, 1.165) is 22.3 Å². The molecule has 2 rings (SSSR count). The predicted molar refractivity (Wildman–Crippen MR) is 85.2 cm³/mol. The molecule has 1 aromatic heterocycles. The van der Waals surface area contributed by atoms with E-state index in [4.69, 9.17) is 4.74 Å². The molecule has 2 aromatic rings. The summed E-state index contributed by atoms with van der Waals surface area (Å²) in [5.41, 5.74) is 2.20. The Morgan fingerprint density at radius 3 is 2.55 bits per heavy atom. The Morgan fingerprint density at radius 2 is 1.95 bits per heavy atom. The maximum Gasteiger partial charge on any atom is 0.222 e. The fourth-order valence-corrected chi connectivity index (χ4v) is 2.02. The van der Waals surface area contributed by atoms with Crippen LogP contribution in [-0.4, -0.2) is 11.0 Å². The number of aromatic nitrogens is 1. The van der Waals surface area contributed by atoms with Crippen molar-refractivity contribution in [3.63, 3.8) is 0 Å². The average molecular weight is 335 g/mol. The summed E-state index contributed by atoms with van der Waals surface area (Å²) in [6.07, 6.45) is 1.86. The van der Waals surface area contributed by atoms with Gasteiger partial charge < -0.3 is 10.1 Å². The molecule has 20 heavy (non-hydrogen) atoms. The minimum Gasteiger partial charge on any atom is -0.439 e. The van der Waals surface area contributed by atoms with Crippen LogP contribution in [0.5, 0.6) is 11.6 Å². The van der Waals surface area contributed by atoms with Gasteiger partial charge in [-0.3, -0.25) is 0 Å². The largest absolute Gasteiger partial charge is 0.439 e. The van der Waals surface area contributed by atoms with E-state index in [9.17, 15) is 0 Å². The molecule has 0 unspecified atom stereocenters. The van der Waals surface area contributed by atoms with Crippen LogP contribution in [0.1, 0.15) is 25.0 Å². The summed E-state index contributed by atoms with van der Waals surface area (Å²) in [4.78, 5) is 4.40. The standard InChI is InChI=1S/C16H19BrN2O/c1-11(2)18-9-13-8-12(3)16(19-10-13)20-15-6-4-14(17)5-7-15/h4-8,10-11,18H,9H2,1-3H3. The first-order chi connectivity index (χ1) is 9.54. The van der Waals surface area contributed by atoms with E-state index in [1.807, 2.05) is 37.4 Å². The monoisotopic (exact) mass is 334 g/mol. The van der Waals surface area contributed by atoms with Gasteiger partial charge in [-0.2, -0.15) is 0 Å². The quantitative estimate of drug-likeness (QED) is 0.877. The Labute approximate surface area is 128 Å². The van der Waals surface area contributed by atoms with E-state index >= 15 is 0 Å². The first-order valence-electron chi connectivity index (χ1n) is 6.67. The van der Waals surface area contributed by atoms with Crippen molar-refractivity contribution in [3.05, 3.63) is 52.1 Å². The first kappa shape index (κ1) is 15.0. The summed E-state index contributed by atoms with van der Waals surface area (Å²) in [6, 6.07) is 10.3. The molecule has 0 saturated heterocycles. The van der Waals surface area contributed by atoms with Gasteiger partial charge in [0.05, 0.1) is 0 Å². The zero-order valence-electron chi connectivity index (χ0n) is 12.0. The molecule has 4 heteroatoms. The molecular formula is C16H19BrN2O. The zero-order valence-corrected chi connectivity index (χ0v) is 13.6. The van der Waals surface area contributed by atoms with Gasteiger partial charge in [0.1, 0.15) is 5.75 Å². The molecule has 0 radical (unpaired) electrons. The molecule has 0 atom stereocenters. The van der Waals surface area contributed by atoms with Crippen LogP contribution in [0.4, 0.5) is 0 Å². The van der Waals surface area contributed by atoms with Gasteiger partial charge in [0.15, 0.2) is 0 Å². The molecule has 1 aromatic carbocycles. The third kappa shape index (κ3) is 4.32. The number of benzene rings is 1. The van der Waals surface area contributed by atoms with Crippen molar-refractivity contribution >= 4 is 15.9 Å². The van der Waals surface area contributed by atoms with Gasteiger partial charge in [0, 0.05) is 28.8 Å². The highest BCUT2D eigenvalue weighted by Crippen LogP contribution is 2.24. The summed E-state index contributed by atoms with van der Waals surface area (Å²) in [5, 5.41) is 3.38. The number of hydrogen-bond acceptors (Lipinski definition) is 3. The van der Waals surface area contributed by atoms with Gasteiger partial charge in [-0.05, 0) is 42.8 Å². The summed E-state index contributed by atoms with van der Waals surface area (Å²) in [7, 11) is 0. The normalized spacial score (nSPS) is 10.8. The van der Waals surface area contributed by atoms with E-state index in [1.165, 1.54) is 5.56 Å². The first-order valence-corrected chi connectivity index (χ1v) is 7.46. The Kier molecular flexibility index (Phi) is 5.15. The number of halogens is 1. The van der Waals surface area contributed by atoms with Crippen molar-refractivity contribution in [2.24, 2.45) is 0 Å². The van der Waals surface area contributed by atoms with Gasteiger partial charge in [0.25, 0.3) is 0 Å². The highest BCUT2D eigenvalue weighted by Gasteiger charge is 2.05. The van der Waals surface area contributed by atoms with Crippen molar-refractivity contribution < 1.29 is 4.74 Å². The third-order valence-electron chi connectivity index (χ3n) is 2.83. The van der Waals surface area contributed by atoms with Crippen LogP contribution in [0.3, 0.4) is 0 Å². The smallest absolute Gasteiger partial charge is 0.222 e. The molecule has 1 heterocycles. The second-order valence-corrected chi connectivity index (χ2v) is 5.97. The Hall–Kier alpha value is -1.39. The van der Waals surface area contributed by atoms with E-state index in [0.29, 0.717) is 11.9 Å². The van der Waals surface area contributed by atoms with Gasteiger partial charge in [-0.1, -0.05) is 29.8 Å². The molecular weight excluding hydrogens is 316 g/mol. The van der Waals surface area contributed by atoms with Gasteiger partial charge in [-0.15, -0.1) is 0 Å². The fraction of sp³-hybridized carbons (Fsp3) is 0.312. The molecule has 0 saturated carbocycles. The van der Waals surface area contributed by atoms with Crippen LogP contribution < -0.4 is 10.1 Å². The molecule has 0 aliphatic rings. The van der Waals surface area contributed by atoms with Crippen LogP contribution >= 0.6 is 15.9 Å². The van der Waals surface area contributed by atoms with Crippen LogP contribution in [-0.2, 0) is 6.54 Å². The van der Waals surface area contributed by atoms with E-state index in [-0.39, 0.29) is 0 Å². The topological polar surface area (TPSA) is 34.2 Å². The number of aryl methyl sites for hydroxylation is 1. The molecule has 0 spiro atoms. The van der Waals surface area contributed by atoms with Crippen molar-refractivity contribution in [3.8, 4) is 11.6 Å². The van der Waals surface area contributed by atoms with Crippen molar-refractivity contribution in [1.29, 1.82) is 0 Å². The number of rotatable bonds is 5. The molecule has 1 N–H and O–H groups in total. The Morgan fingerprint density at radius 1 is 1.25 bits per heavy atom. The average Bonchev–Trinajstić information content (AvgIpc) is 2.41. The van der Waals surface area contributed by atoms with Gasteiger partial charge in [0.2, 0.25) is 5.88 Å². The summed E-state index contributed by atoms with van der Waals surface area (Å²) in [6.45, 7) is 7.10. The van der Waals surface area contributed by atoms with Crippen molar-refractivity contribution in [2.45, 2.75) is 33.4 Å². The Bertz CT molecular complexity index is 567. The lowest BCUT2D eigenvalue weighted by Crippen LogP contribution is -2.21. The summed E-state index contributed by atoms with van der Waals surface area (Å²) < 4.78 is 6.82. The van der Waals surface area contributed by atoms with Crippen LogP contribution in [0.25, 0.3) is 0 Å². The summed E-state index contributed by atoms with van der Waals surface area (Å²) in [5.74, 6) is 1.44. The maximum absolute atomic E-state index is 5.79. The molecule has 0 fully saturated rings. The van der Waals surface area contributed by atoms with Crippen LogP contribution in [0.2, 0.25) is 0 Å². The molecule has 0 bridgehead atoms. The van der Waals surface area contributed by atoms with E-state index in [2.05, 4.69) is 46.1 Å². The Balaban J connectivity index is 2.07. The molecule has 0 aliphatic heterocycles. The van der Waals surface area contributed by atoms with Gasteiger partial charge in [-0.25, -0.2) is 4.98 Å². The van der Waals surface area contributed by atoms with Crippen LogP contribution in [0.15, 0.2) is 41.0 Å². The van der Waals surface area contributed by atoms with E-state index < -0.39 is 0 Å². The van der Waals surface area contributed by atoms with Crippen molar-refractivity contribution in [1.82, 2.24) is 10.3 Å². The molecule has 3 nitrogen and oxygen atoms in total. The highest BCUT2D eigenvalue weighted by atomic mass is 79.9. The lowest BCUT2D eigenvalue weighted by atomic mass is 10.2. The summed E-state index contributed by atoms with van der Waals surface area (Å²) >= 11 is 3.41. The minimum atomic E-state index is 0.467. The number of ether oxygens (including phenoxy) is 1. The lowest BCUT2D eigenvalue weighted by molar-refractivity contribution is 0.458. The zero-order chi connectivity index (χ0) is 14.5. The SMILES string of the molecule is Cc1cc(CNC(C)C)cnc1Oc1ccc(Br)cc1. The third-order valence-corrected chi connectivity index (χ3v) is 3.36. The van der Waals surface area contributed by atoms with Gasteiger partial charge >= 0.3 is 0 Å². The number of nitrogens with zero attached hydrogens (tertiary/aromatic N) is 1. The molecule has 0 aliphatic carbocycles. The van der Waals surface area contributed by atoms with E-state index in [1.54, 1.807) is 0 Å². The fourth-order valence-electron chi connectivity index (χ4n) is 1.76. The molecule has 0 amide bonds. The minimum absolute atomic E-state index is 0.467. The van der Waals surface area contributed by atoms with Crippen LogP contribution in [0, 0.1) is 6.92 Å². The number of nitrogens with one attached hydrogen (secondary N) is 1. The predicted octanol–water partition coefficient (Wildman–Crippen LogP) is 4.44. The maximum atomic E-state index is 5.79. The van der Waals surface area contributed by atoms with Crippen molar-refractivity contribution in [2.75, 3.05) is 0 Å². The molecule has 106 valence electrons.